The Labute approximate surface area is 124 Å². The van der Waals surface area contributed by atoms with Gasteiger partial charge in [0.25, 0.3) is 0 Å². The van der Waals surface area contributed by atoms with Crippen LogP contribution in [0.2, 0.25) is 0 Å². The molecule has 1 fully saturated rings. The van der Waals surface area contributed by atoms with Crippen molar-refractivity contribution < 1.29 is 5.11 Å². The second-order valence-corrected chi connectivity index (χ2v) is 6.60. The Balaban J connectivity index is 2.13. The van der Waals surface area contributed by atoms with Crippen molar-refractivity contribution in [3.63, 3.8) is 0 Å². The smallest absolute Gasteiger partial charge is 0.0766 e. The minimum Gasteiger partial charge on any atom is -0.393 e. The predicted octanol–water partition coefficient (Wildman–Crippen LogP) is 3.47. The summed E-state index contributed by atoms with van der Waals surface area (Å²) in [7, 11) is 2.01. The molecule has 0 aromatic carbocycles. The Kier molecular flexibility index (Phi) is 5.07. The molecule has 0 radical (unpaired) electrons. The first-order valence-corrected chi connectivity index (χ1v) is 8.24. The SMILES string of the molecule is CCc1nn(C)c(CC2CC(CC)CCC2O)c1Br. The maximum Gasteiger partial charge on any atom is 0.0766 e. The lowest BCUT2D eigenvalue weighted by Crippen LogP contribution is -2.31. The Morgan fingerprint density at radius 2 is 2.11 bits per heavy atom. The van der Waals surface area contributed by atoms with Gasteiger partial charge < -0.3 is 5.11 Å². The third kappa shape index (κ3) is 3.22. The van der Waals surface area contributed by atoms with Crippen LogP contribution in [0.5, 0.6) is 0 Å². The van der Waals surface area contributed by atoms with Crippen LogP contribution in [0.15, 0.2) is 4.47 Å². The van der Waals surface area contributed by atoms with E-state index in [1.165, 1.54) is 18.5 Å². The molecule has 1 aromatic heterocycles. The number of rotatable bonds is 4. The van der Waals surface area contributed by atoms with Gasteiger partial charge in [0.2, 0.25) is 0 Å². The fraction of sp³-hybridized carbons (Fsp3) is 0.800. The third-order valence-electron chi connectivity index (χ3n) is 4.59. The molecule has 0 aliphatic heterocycles. The highest BCUT2D eigenvalue weighted by Gasteiger charge is 2.30. The summed E-state index contributed by atoms with van der Waals surface area (Å²) in [6.07, 6.45) is 6.25. The van der Waals surface area contributed by atoms with E-state index >= 15 is 0 Å². The molecule has 108 valence electrons. The van der Waals surface area contributed by atoms with Gasteiger partial charge in [0, 0.05) is 7.05 Å². The lowest BCUT2D eigenvalue weighted by molar-refractivity contribution is 0.0465. The average molecular weight is 329 g/mol. The zero-order chi connectivity index (χ0) is 14.0. The quantitative estimate of drug-likeness (QED) is 0.918. The van der Waals surface area contributed by atoms with Crippen LogP contribution >= 0.6 is 15.9 Å². The summed E-state index contributed by atoms with van der Waals surface area (Å²) in [5, 5.41) is 14.8. The molecule has 3 nitrogen and oxygen atoms in total. The molecule has 0 saturated heterocycles. The van der Waals surface area contributed by atoms with Crippen molar-refractivity contribution in [1.29, 1.82) is 0 Å². The van der Waals surface area contributed by atoms with E-state index in [-0.39, 0.29) is 6.10 Å². The second-order valence-electron chi connectivity index (χ2n) is 5.80. The van der Waals surface area contributed by atoms with Crippen molar-refractivity contribution in [1.82, 2.24) is 9.78 Å². The normalized spacial score (nSPS) is 27.7. The van der Waals surface area contributed by atoms with Crippen molar-refractivity contribution in [2.75, 3.05) is 0 Å². The van der Waals surface area contributed by atoms with Gasteiger partial charge in [0.05, 0.1) is 22.0 Å². The molecule has 4 heteroatoms. The van der Waals surface area contributed by atoms with E-state index in [9.17, 15) is 5.11 Å². The average Bonchev–Trinajstić information content (AvgIpc) is 2.68. The number of aromatic nitrogens is 2. The molecule has 3 atom stereocenters. The van der Waals surface area contributed by atoms with Crippen LogP contribution in [0.1, 0.15) is 50.9 Å². The van der Waals surface area contributed by atoms with Gasteiger partial charge in [-0.1, -0.05) is 20.3 Å². The fourth-order valence-corrected chi connectivity index (χ4v) is 4.00. The van der Waals surface area contributed by atoms with Crippen molar-refractivity contribution in [3.8, 4) is 0 Å². The van der Waals surface area contributed by atoms with E-state index < -0.39 is 0 Å². The van der Waals surface area contributed by atoms with Crippen LogP contribution in [-0.4, -0.2) is 21.0 Å². The molecular formula is C15H25BrN2O. The molecular weight excluding hydrogens is 304 g/mol. The molecule has 1 aromatic rings. The summed E-state index contributed by atoms with van der Waals surface area (Å²) in [5.41, 5.74) is 2.35. The van der Waals surface area contributed by atoms with Crippen molar-refractivity contribution in [2.24, 2.45) is 18.9 Å². The van der Waals surface area contributed by atoms with E-state index in [0.717, 1.165) is 41.8 Å². The van der Waals surface area contributed by atoms with Gasteiger partial charge >= 0.3 is 0 Å². The Morgan fingerprint density at radius 3 is 2.68 bits per heavy atom. The topological polar surface area (TPSA) is 38.0 Å². The third-order valence-corrected chi connectivity index (χ3v) is 5.50. The molecule has 2 rings (SSSR count). The van der Waals surface area contributed by atoms with Gasteiger partial charge in [-0.15, -0.1) is 0 Å². The van der Waals surface area contributed by atoms with Crippen molar-refractivity contribution >= 4 is 15.9 Å². The highest BCUT2D eigenvalue weighted by Crippen LogP contribution is 2.35. The lowest BCUT2D eigenvalue weighted by atomic mass is 9.76. The van der Waals surface area contributed by atoms with Crippen LogP contribution in [-0.2, 0) is 19.9 Å². The fourth-order valence-electron chi connectivity index (χ4n) is 3.23. The summed E-state index contributed by atoms with van der Waals surface area (Å²) >= 11 is 3.68. The minimum absolute atomic E-state index is 0.144. The molecule has 0 bridgehead atoms. The van der Waals surface area contributed by atoms with E-state index in [1.807, 2.05) is 11.7 Å². The summed E-state index contributed by atoms with van der Waals surface area (Å²) in [6.45, 7) is 4.38. The molecule has 0 amide bonds. The highest BCUT2D eigenvalue weighted by molar-refractivity contribution is 9.10. The van der Waals surface area contributed by atoms with Gasteiger partial charge in [0.15, 0.2) is 0 Å². The van der Waals surface area contributed by atoms with E-state index in [4.69, 9.17) is 0 Å². The minimum atomic E-state index is -0.144. The van der Waals surface area contributed by atoms with Crippen LogP contribution < -0.4 is 0 Å². The molecule has 1 aliphatic carbocycles. The first-order chi connectivity index (χ1) is 9.06. The molecule has 19 heavy (non-hydrogen) atoms. The molecule has 1 saturated carbocycles. The van der Waals surface area contributed by atoms with Gasteiger partial charge in [-0.3, -0.25) is 4.68 Å². The lowest BCUT2D eigenvalue weighted by Gasteiger charge is -2.33. The van der Waals surface area contributed by atoms with Crippen LogP contribution in [0.3, 0.4) is 0 Å². The standard InChI is InChI=1S/C15H25BrN2O/c1-4-10-6-7-14(19)11(8-10)9-13-15(16)12(5-2)17-18(13)3/h10-11,14,19H,4-9H2,1-3H3. The van der Waals surface area contributed by atoms with Gasteiger partial charge in [0.1, 0.15) is 0 Å². The Hall–Kier alpha value is -0.350. The van der Waals surface area contributed by atoms with E-state index in [2.05, 4.69) is 34.9 Å². The summed E-state index contributed by atoms with van der Waals surface area (Å²) < 4.78 is 3.12. The number of aliphatic hydroxyl groups is 1. The van der Waals surface area contributed by atoms with Crippen LogP contribution in [0.4, 0.5) is 0 Å². The predicted molar refractivity (Wildman–Crippen MR) is 81.1 cm³/mol. The van der Waals surface area contributed by atoms with Gasteiger partial charge in [-0.05, 0) is 59.9 Å². The summed E-state index contributed by atoms with van der Waals surface area (Å²) in [4.78, 5) is 0. The van der Waals surface area contributed by atoms with Crippen LogP contribution in [0, 0.1) is 11.8 Å². The van der Waals surface area contributed by atoms with Crippen molar-refractivity contribution in [2.45, 2.75) is 58.5 Å². The highest BCUT2D eigenvalue weighted by atomic mass is 79.9. The number of aliphatic hydroxyl groups excluding tert-OH is 1. The first kappa shape index (κ1) is 15.0. The largest absolute Gasteiger partial charge is 0.393 e. The maximum absolute atomic E-state index is 10.2. The first-order valence-electron chi connectivity index (χ1n) is 7.45. The zero-order valence-corrected chi connectivity index (χ0v) is 13.8. The number of hydrogen-bond donors (Lipinski definition) is 1. The molecule has 1 aliphatic rings. The number of nitrogens with zero attached hydrogens (tertiary/aromatic N) is 2. The van der Waals surface area contributed by atoms with E-state index in [0.29, 0.717) is 5.92 Å². The van der Waals surface area contributed by atoms with Crippen LogP contribution in [0.25, 0.3) is 0 Å². The summed E-state index contributed by atoms with van der Waals surface area (Å²) in [6, 6.07) is 0. The Morgan fingerprint density at radius 1 is 1.37 bits per heavy atom. The molecule has 3 unspecified atom stereocenters. The monoisotopic (exact) mass is 328 g/mol. The molecule has 1 heterocycles. The van der Waals surface area contributed by atoms with Crippen molar-refractivity contribution in [3.05, 3.63) is 15.9 Å². The second kappa shape index (κ2) is 6.40. The number of aryl methyl sites for hydroxylation is 2. The maximum atomic E-state index is 10.2. The molecule has 1 N–H and O–H groups in total. The van der Waals surface area contributed by atoms with Gasteiger partial charge in [-0.25, -0.2) is 0 Å². The van der Waals surface area contributed by atoms with E-state index in [1.54, 1.807) is 0 Å². The van der Waals surface area contributed by atoms with Gasteiger partial charge in [-0.2, -0.15) is 5.10 Å². The molecule has 0 spiro atoms. The summed E-state index contributed by atoms with van der Waals surface area (Å²) in [5.74, 6) is 1.17. The number of hydrogen-bond acceptors (Lipinski definition) is 2. The Bertz CT molecular complexity index is 430. The number of halogens is 1. The zero-order valence-electron chi connectivity index (χ0n) is 12.2.